The van der Waals surface area contributed by atoms with Gasteiger partial charge in [0.15, 0.2) is 0 Å². The lowest BCUT2D eigenvalue weighted by atomic mass is 9.80. The van der Waals surface area contributed by atoms with Gasteiger partial charge in [-0.15, -0.1) is 0 Å². The van der Waals surface area contributed by atoms with Gasteiger partial charge < -0.3 is 4.90 Å². The topological polar surface area (TPSA) is 3.24 Å². The van der Waals surface area contributed by atoms with Gasteiger partial charge in [0.05, 0.1) is 5.69 Å². The summed E-state index contributed by atoms with van der Waals surface area (Å²) >= 11 is 0. The number of nitrogens with zero attached hydrogens (tertiary/aromatic N) is 1. The first-order chi connectivity index (χ1) is 23.6. The number of rotatable bonds is 5. The molecule has 48 heavy (non-hydrogen) atoms. The fourth-order valence-corrected chi connectivity index (χ4v) is 7.83. The molecule has 1 nitrogen and oxygen atoms in total. The summed E-state index contributed by atoms with van der Waals surface area (Å²) in [6.45, 7) is 4.79. The number of benzene rings is 8. The molecule has 1 aliphatic carbocycles. The smallest absolute Gasteiger partial charge is 0.0543 e. The van der Waals surface area contributed by atoms with E-state index in [1.54, 1.807) is 0 Å². The average Bonchev–Trinajstić information content (AvgIpc) is 3.38. The van der Waals surface area contributed by atoms with Crippen LogP contribution in [0.1, 0.15) is 25.0 Å². The molecule has 0 spiro atoms. The van der Waals surface area contributed by atoms with Crippen molar-refractivity contribution >= 4 is 38.6 Å². The molecule has 0 N–H and O–H groups in total. The summed E-state index contributed by atoms with van der Waals surface area (Å²) in [5.74, 6) is 0. The summed E-state index contributed by atoms with van der Waals surface area (Å²) in [5, 5.41) is 5.09. The van der Waals surface area contributed by atoms with Crippen LogP contribution in [-0.4, -0.2) is 0 Å². The fraction of sp³-hybridized carbons (Fsp3) is 0.0638. The number of hydrogen-bond acceptors (Lipinski definition) is 1. The molecule has 0 amide bonds. The maximum atomic E-state index is 2.47. The molecule has 8 aromatic rings. The molecule has 0 bridgehead atoms. The van der Waals surface area contributed by atoms with Crippen LogP contribution in [-0.2, 0) is 5.41 Å². The molecule has 8 aromatic carbocycles. The van der Waals surface area contributed by atoms with E-state index in [0.29, 0.717) is 0 Å². The average molecular weight is 614 g/mol. The van der Waals surface area contributed by atoms with Gasteiger partial charge >= 0.3 is 0 Å². The van der Waals surface area contributed by atoms with Crippen molar-refractivity contribution in [3.8, 4) is 33.4 Å². The molecule has 1 aliphatic rings. The Hall–Kier alpha value is -5.92. The van der Waals surface area contributed by atoms with E-state index in [1.807, 2.05) is 0 Å². The third kappa shape index (κ3) is 4.47. The van der Waals surface area contributed by atoms with Crippen LogP contribution in [0.15, 0.2) is 176 Å². The van der Waals surface area contributed by atoms with Gasteiger partial charge in [0.1, 0.15) is 0 Å². The van der Waals surface area contributed by atoms with Crippen molar-refractivity contribution in [3.05, 3.63) is 187 Å². The Kier molecular flexibility index (Phi) is 6.55. The van der Waals surface area contributed by atoms with E-state index in [2.05, 4.69) is 195 Å². The minimum absolute atomic E-state index is 0.191. The zero-order valence-electron chi connectivity index (χ0n) is 27.2. The molecule has 0 heterocycles. The summed E-state index contributed by atoms with van der Waals surface area (Å²) in [6.07, 6.45) is 0. The second-order valence-electron chi connectivity index (χ2n) is 13.4. The molecule has 0 fully saturated rings. The van der Waals surface area contributed by atoms with E-state index < -0.39 is 0 Å². The lowest BCUT2D eigenvalue weighted by molar-refractivity contribution is 0.661. The molecule has 0 saturated heterocycles. The molecule has 9 rings (SSSR count). The van der Waals surface area contributed by atoms with Crippen LogP contribution in [0, 0.1) is 0 Å². The van der Waals surface area contributed by atoms with Crippen LogP contribution in [0.5, 0.6) is 0 Å². The summed E-state index contributed by atoms with van der Waals surface area (Å²) in [7, 11) is 0. The molecule has 0 aliphatic heterocycles. The van der Waals surface area contributed by atoms with Crippen molar-refractivity contribution < 1.29 is 0 Å². The molecule has 0 aromatic heterocycles. The monoisotopic (exact) mass is 613 g/mol. The highest BCUT2D eigenvalue weighted by Gasteiger charge is 2.38. The highest BCUT2D eigenvalue weighted by Crippen LogP contribution is 2.55. The number of para-hydroxylation sites is 1. The molecule has 1 heteroatoms. The minimum atomic E-state index is -0.191. The van der Waals surface area contributed by atoms with Gasteiger partial charge in [-0.05, 0) is 97.1 Å². The second kappa shape index (κ2) is 11.1. The van der Waals surface area contributed by atoms with Crippen LogP contribution in [0.4, 0.5) is 17.1 Å². The first kappa shape index (κ1) is 28.3. The van der Waals surface area contributed by atoms with Gasteiger partial charge in [0.2, 0.25) is 0 Å². The zero-order valence-corrected chi connectivity index (χ0v) is 27.2. The van der Waals surface area contributed by atoms with Crippen molar-refractivity contribution in [2.75, 3.05) is 4.90 Å². The molecular weight excluding hydrogens is 579 g/mol. The third-order valence-corrected chi connectivity index (χ3v) is 10.2. The Labute approximate surface area is 282 Å². The molecule has 228 valence electrons. The maximum absolute atomic E-state index is 2.47. The predicted octanol–water partition coefficient (Wildman–Crippen LogP) is 13.1. The second-order valence-corrected chi connectivity index (χ2v) is 13.4. The van der Waals surface area contributed by atoms with E-state index in [-0.39, 0.29) is 5.41 Å². The maximum Gasteiger partial charge on any atom is 0.0543 e. The molecule has 0 saturated carbocycles. The van der Waals surface area contributed by atoms with Crippen molar-refractivity contribution in [2.24, 2.45) is 0 Å². The van der Waals surface area contributed by atoms with Crippen LogP contribution in [0.3, 0.4) is 0 Å². The van der Waals surface area contributed by atoms with Crippen LogP contribution < -0.4 is 4.90 Å². The minimum Gasteiger partial charge on any atom is -0.310 e. The Balaban J connectivity index is 1.24. The first-order valence-electron chi connectivity index (χ1n) is 16.8. The van der Waals surface area contributed by atoms with Gasteiger partial charge in [-0.3, -0.25) is 0 Å². The number of hydrogen-bond donors (Lipinski definition) is 0. The van der Waals surface area contributed by atoms with Crippen molar-refractivity contribution in [1.82, 2.24) is 0 Å². The molecular formula is C47H35N. The van der Waals surface area contributed by atoms with E-state index in [9.17, 15) is 0 Å². The predicted molar refractivity (Wildman–Crippen MR) is 205 cm³/mol. The van der Waals surface area contributed by atoms with E-state index in [4.69, 9.17) is 0 Å². The largest absolute Gasteiger partial charge is 0.310 e. The fourth-order valence-electron chi connectivity index (χ4n) is 7.83. The Morgan fingerprint density at radius 3 is 1.75 bits per heavy atom. The van der Waals surface area contributed by atoms with E-state index in [1.165, 1.54) is 71.7 Å². The first-order valence-corrected chi connectivity index (χ1v) is 16.8. The number of anilines is 3. The lowest BCUT2D eigenvalue weighted by Gasteiger charge is -2.30. The third-order valence-electron chi connectivity index (χ3n) is 10.2. The zero-order chi connectivity index (χ0) is 32.2. The number of fused-ring (bicyclic) bond motifs is 6. The van der Waals surface area contributed by atoms with Crippen LogP contribution in [0.2, 0.25) is 0 Å². The van der Waals surface area contributed by atoms with Gasteiger partial charge in [-0.2, -0.15) is 0 Å². The van der Waals surface area contributed by atoms with Gasteiger partial charge in [-0.1, -0.05) is 153 Å². The van der Waals surface area contributed by atoms with Gasteiger partial charge in [0.25, 0.3) is 0 Å². The van der Waals surface area contributed by atoms with Gasteiger partial charge in [0, 0.05) is 22.2 Å². The quantitative estimate of drug-likeness (QED) is 0.187. The lowest BCUT2D eigenvalue weighted by Crippen LogP contribution is -2.17. The normalized spacial score (nSPS) is 13.0. The SMILES string of the molecule is CC1(C)c2cc(-c3cccc4ccccc34)ccc2-c2c1cc(N(c1ccccc1)c1ccc(-c3ccccc3)cc1)c1ccccc21. The summed E-state index contributed by atoms with van der Waals surface area (Å²) < 4.78 is 0. The molecule has 0 atom stereocenters. The highest BCUT2D eigenvalue weighted by molar-refractivity contribution is 6.10. The van der Waals surface area contributed by atoms with Gasteiger partial charge in [-0.25, -0.2) is 0 Å². The van der Waals surface area contributed by atoms with Crippen LogP contribution in [0.25, 0.3) is 54.9 Å². The Bertz CT molecular complexity index is 2450. The Morgan fingerprint density at radius 1 is 0.396 bits per heavy atom. The Morgan fingerprint density at radius 2 is 0.979 bits per heavy atom. The van der Waals surface area contributed by atoms with Crippen LogP contribution >= 0.6 is 0 Å². The molecule has 0 radical (unpaired) electrons. The molecule has 0 unspecified atom stereocenters. The van der Waals surface area contributed by atoms with E-state index >= 15 is 0 Å². The summed E-state index contributed by atoms with van der Waals surface area (Å²) in [6, 6.07) is 64.3. The van der Waals surface area contributed by atoms with Crippen molar-refractivity contribution in [1.29, 1.82) is 0 Å². The van der Waals surface area contributed by atoms with E-state index in [0.717, 1.165) is 11.4 Å². The standard InChI is InChI=1S/C47H35N/c1-47(2)43-30-35(39-23-13-17-34-16-9-10-20-38(34)39)26-29-42(43)46-41-22-12-11-21-40(41)45(31-44(46)47)48(36-18-7-4-8-19-36)37-27-24-33(25-28-37)32-14-5-3-6-15-32/h3-31H,1-2H3. The van der Waals surface area contributed by atoms with Crippen molar-refractivity contribution in [2.45, 2.75) is 19.3 Å². The highest BCUT2D eigenvalue weighted by atomic mass is 15.1. The van der Waals surface area contributed by atoms with Crippen molar-refractivity contribution in [3.63, 3.8) is 0 Å². The summed E-state index contributed by atoms with van der Waals surface area (Å²) in [5.41, 5.74) is 13.7. The summed E-state index contributed by atoms with van der Waals surface area (Å²) in [4.78, 5) is 2.43.